The van der Waals surface area contributed by atoms with Gasteiger partial charge in [0.15, 0.2) is 0 Å². The summed E-state index contributed by atoms with van der Waals surface area (Å²) in [5.41, 5.74) is 4.69. The molecule has 1 fully saturated rings. The average molecular weight is 410 g/mol. The summed E-state index contributed by atoms with van der Waals surface area (Å²) < 4.78 is 24.6. The van der Waals surface area contributed by atoms with E-state index in [1.807, 2.05) is 12.1 Å². The van der Waals surface area contributed by atoms with Crippen LogP contribution in [0.5, 0.6) is 0 Å². The van der Waals surface area contributed by atoms with Crippen LogP contribution in [0.3, 0.4) is 0 Å². The zero-order valence-electron chi connectivity index (χ0n) is 16.7. The fraction of sp³-hybridized carbons (Fsp3) is 0.304. The molecule has 2 N–H and O–H groups in total. The summed E-state index contributed by atoms with van der Waals surface area (Å²) in [4.78, 5) is 2.53. The van der Waals surface area contributed by atoms with Crippen molar-refractivity contribution in [2.24, 2.45) is 18.1 Å². The normalized spacial score (nSPS) is 18.2. The molecule has 29 heavy (non-hydrogen) atoms. The standard InChI is InChI=1S/C23H27N3O2S/c1-25-17-21(22-14-18(7-8-23(22)25)10-12-29(24,27)28)13-20-9-11-26(16-20)15-19-5-3-2-4-6-19/h2-8,10,12,14,17,20H,9,11,13,15-16H2,1H3,(H2,24,27,28). The highest BCUT2D eigenvalue weighted by Crippen LogP contribution is 2.28. The number of benzene rings is 2. The monoisotopic (exact) mass is 409 g/mol. The second-order valence-corrected chi connectivity index (χ2v) is 9.46. The third kappa shape index (κ3) is 4.96. The highest BCUT2D eigenvalue weighted by molar-refractivity contribution is 7.92. The van der Waals surface area contributed by atoms with Crippen LogP contribution in [0.4, 0.5) is 0 Å². The minimum Gasteiger partial charge on any atom is -0.350 e. The number of aryl methyl sites for hydroxylation is 1. The van der Waals surface area contributed by atoms with E-state index in [4.69, 9.17) is 5.14 Å². The third-order valence-corrected chi connectivity index (χ3v) is 6.19. The molecule has 6 heteroatoms. The van der Waals surface area contributed by atoms with Crippen molar-refractivity contribution in [2.45, 2.75) is 19.4 Å². The van der Waals surface area contributed by atoms with Gasteiger partial charge in [-0.25, -0.2) is 13.6 Å². The zero-order valence-corrected chi connectivity index (χ0v) is 17.5. The summed E-state index contributed by atoms with van der Waals surface area (Å²) in [6, 6.07) is 16.7. The average Bonchev–Trinajstić information content (AvgIpc) is 3.25. The molecule has 0 spiro atoms. The van der Waals surface area contributed by atoms with Crippen molar-refractivity contribution in [3.8, 4) is 0 Å². The molecule has 1 saturated heterocycles. The van der Waals surface area contributed by atoms with Gasteiger partial charge in [0.1, 0.15) is 0 Å². The van der Waals surface area contributed by atoms with Gasteiger partial charge in [0.25, 0.3) is 0 Å². The Kier molecular flexibility index (Phi) is 5.58. The maximum absolute atomic E-state index is 11.2. The van der Waals surface area contributed by atoms with Crippen molar-refractivity contribution in [1.29, 1.82) is 0 Å². The topological polar surface area (TPSA) is 68.3 Å². The number of primary sulfonamides is 1. The largest absolute Gasteiger partial charge is 0.350 e. The van der Waals surface area contributed by atoms with E-state index in [2.05, 4.69) is 59.1 Å². The number of fused-ring (bicyclic) bond motifs is 1. The van der Waals surface area contributed by atoms with Gasteiger partial charge in [0.2, 0.25) is 10.0 Å². The number of aromatic nitrogens is 1. The summed E-state index contributed by atoms with van der Waals surface area (Å²) in [7, 11) is -1.56. The lowest BCUT2D eigenvalue weighted by atomic mass is 9.97. The lowest BCUT2D eigenvalue weighted by Gasteiger charge is -2.16. The molecule has 3 aromatic rings. The Hall–Kier alpha value is -2.41. The van der Waals surface area contributed by atoms with Crippen LogP contribution >= 0.6 is 0 Å². The first-order valence-electron chi connectivity index (χ1n) is 9.92. The quantitative estimate of drug-likeness (QED) is 0.677. The molecule has 1 aliphatic rings. The fourth-order valence-electron chi connectivity index (χ4n) is 4.31. The number of hydrogen-bond donors (Lipinski definition) is 1. The van der Waals surface area contributed by atoms with Crippen LogP contribution in [0.15, 0.2) is 60.1 Å². The first-order valence-corrected chi connectivity index (χ1v) is 11.5. The molecule has 1 aliphatic heterocycles. The van der Waals surface area contributed by atoms with Gasteiger partial charge in [-0.05, 0) is 60.2 Å². The first-order chi connectivity index (χ1) is 13.9. The Morgan fingerprint density at radius 2 is 1.97 bits per heavy atom. The molecule has 0 radical (unpaired) electrons. The molecule has 1 atom stereocenters. The number of sulfonamides is 1. The molecule has 0 aliphatic carbocycles. The molecule has 5 nitrogen and oxygen atoms in total. The number of hydrogen-bond acceptors (Lipinski definition) is 3. The molecule has 0 bridgehead atoms. The van der Waals surface area contributed by atoms with Gasteiger partial charge in [-0.2, -0.15) is 0 Å². The molecule has 2 aromatic carbocycles. The van der Waals surface area contributed by atoms with Gasteiger partial charge in [-0.1, -0.05) is 36.4 Å². The predicted molar refractivity (Wildman–Crippen MR) is 119 cm³/mol. The maximum atomic E-state index is 11.2. The molecule has 2 heterocycles. The Balaban J connectivity index is 1.50. The van der Waals surface area contributed by atoms with Crippen LogP contribution in [0.2, 0.25) is 0 Å². The van der Waals surface area contributed by atoms with E-state index in [-0.39, 0.29) is 0 Å². The van der Waals surface area contributed by atoms with E-state index in [1.165, 1.54) is 22.9 Å². The molecular formula is C23H27N3O2S. The summed E-state index contributed by atoms with van der Waals surface area (Å²) in [6.45, 7) is 3.25. The summed E-state index contributed by atoms with van der Waals surface area (Å²) in [6.07, 6.45) is 6.00. The summed E-state index contributed by atoms with van der Waals surface area (Å²) >= 11 is 0. The van der Waals surface area contributed by atoms with E-state index in [9.17, 15) is 8.42 Å². The van der Waals surface area contributed by atoms with E-state index >= 15 is 0 Å². The number of rotatable bonds is 6. The second kappa shape index (κ2) is 8.14. The van der Waals surface area contributed by atoms with Gasteiger partial charge < -0.3 is 4.57 Å². The van der Waals surface area contributed by atoms with Crippen molar-refractivity contribution < 1.29 is 8.42 Å². The van der Waals surface area contributed by atoms with Crippen LogP contribution < -0.4 is 5.14 Å². The van der Waals surface area contributed by atoms with Gasteiger partial charge in [-0.3, -0.25) is 4.90 Å². The van der Waals surface area contributed by atoms with E-state index in [0.29, 0.717) is 5.92 Å². The maximum Gasteiger partial charge on any atom is 0.231 e. The highest BCUT2D eigenvalue weighted by atomic mass is 32.2. The van der Waals surface area contributed by atoms with Crippen molar-refractivity contribution in [3.05, 3.63) is 76.8 Å². The van der Waals surface area contributed by atoms with Crippen LogP contribution in [-0.4, -0.2) is 31.0 Å². The molecule has 4 rings (SSSR count). The third-order valence-electron chi connectivity index (χ3n) is 5.67. The number of nitrogens with zero attached hydrogens (tertiary/aromatic N) is 2. The Morgan fingerprint density at radius 1 is 1.17 bits per heavy atom. The molecule has 1 unspecified atom stereocenters. The Morgan fingerprint density at radius 3 is 2.72 bits per heavy atom. The SMILES string of the molecule is Cn1cc(CC2CCN(Cc3ccccc3)C2)c2cc(C=CS(N)(=O)=O)ccc21. The van der Waals surface area contributed by atoms with Gasteiger partial charge in [-0.15, -0.1) is 0 Å². The minimum absolute atomic E-state index is 0.632. The number of likely N-dealkylation sites (tertiary alicyclic amines) is 1. The van der Waals surface area contributed by atoms with E-state index in [1.54, 1.807) is 6.08 Å². The number of nitrogens with two attached hydrogens (primary N) is 1. The molecular weight excluding hydrogens is 382 g/mol. The van der Waals surface area contributed by atoms with Gasteiger partial charge >= 0.3 is 0 Å². The van der Waals surface area contributed by atoms with Crippen LogP contribution in [0.25, 0.3) is 17.0 Å². The lowest BCUT2D eigenvalue weighted by Crippen LogP contribution is -2.20. The Bertz CT molecular complexity index is 1130. The van der Waals surface area contributed by atoms with Gasteiger partial charge in [0, 0.05) is 42.6 Å². The zero-order chi connectivity index (χ0) is 20.4. The van der Waals surface area contributed by atoms with Crippen LogP contribution in [-0.2, 0) is 30.0 Å². The summed E-state index contributed by atoms with van der Waals surface area (Å²) in [5.74, 6) is 0.632. The van der Waals surface area contributed by atoms with Crippen molar-refractivity contribution in [3.63, 3.8) is 0 Å². The molecule has 0 saturated carbocycles. The second-order valence-electron chi connectivity index (χ2n) is 8.01. The van der Waals surface area contributed by atoms with Crippen LogP contribution in [0.1, 0.15) is 23.1 Å². The van der Waals surface area contributed by atoms with Crippen molar-refractivity contribution in [2.75, 3.05) is 13.1 Å². The lowest BCUT2D eigenvalue weighted by molar-refractivity contribution is 0.316. The highest BCUT2D eigenvalue weighted by Gasteiger charge is 2.23. The minimum atomic E-state index is -3.62. The smallest absolute Gasteiger partial charge is 0.231 e. The Labute approximate surface area is 172 Å². The van der Waals surface area contributed by atoms with E-state index in [0.717, 1.165) is 42.5 Å². The summed E-state index contributed by atoms with van der Waals surface area (Å²) in [5, 5.41) is 7.32. The fourth-order valence-corrected chi connectivity index (χ4v) is 4.65. The molecule has 0 amide bonds. The van der Waals surface area contributed by atoms with Crippen LogP contribution in [0, 0.1) is 5.92 Å². The van der Waals surface area contributed by atoms with Crippen molar-refractivity contribution in [1.82, 2.24) is 9.47 Å². The van der Waals surface area contributed by atoms with E-state index < -0.39 is 10.0 Å². The first kappa shape index (κ1) is 19.9. The molecule has 1 aromatic heterocycles. The molecule has 152 valence electrons. The van der Waals surface area contributed by atoms with Crippen molar-refractivity contribution >= 4 is 27.0 Å². The predicted octanol–water partition coefficient (Wildman–Crippen LogP) is 3.50. The van der Waals surface area contributed by atoms with Gasteiger partial charge in [0.05, 0.1) is 0 Å².